The summed E-state index contributed by atoms with van der Waals surface area (Å²) in [6, 6.07) is 4.70. The van der Waals surface area contributed by atoms with Crippen LogP contribution in [0, 0.1) is 5.82 Å². The summed E-state index contributed by atoms with van der Waals surface area (Å²) in [4.78, 5) is 24.0. The third-order valence-corrected chi connectivity index (χ3v) is 3.44. The summed E-state index contributed by atoms with van der Waals surface area (Å²) in [6.07, 6.45) is 1.65. The zero-order valence-electron chi connectivity index (χ0n) is 12.6. The van der Waals surface area contributed by atoms with Crippen molar-refractivity contribution in [2.75, 3.05) is 6.61 Å². The molecule has 1 atom stereocenters. The number of rotatable bonds is 5. The first-order chi connectivity index (χ1) is 10.5. The summed E-state index contributed by atoms with van der Waals surface area (Å²) in [5, 5.41) is 5.10. The highest BCUT2D eigenvalue weighted by molar-refractivity contribution is 5.95. The first-order valence-corrected chi connectivity index (χ1v) is 7.24. The maximum atomic E-state index is 14.0. The van der Waals surface area contributed by atoms with Gasteiger partial charge in [0.15, 0.2) is 0 Å². The maximum Gasteiger partial charge on any atom is 0.338 e. The van der Waals surface area contributed by atoms with E-state index in [1.165, 1.54) is 12.1 Å². The number of hydrogen-bond acceptors (Lipinski definition) is 3. The van der Waals surface area contributed by atoms with Gasteiger partial charge in [0.1, 0.15) is 5.82 Å². The van der Waals surface area contributed by atoms with Crippen molar-refractivity contribution < 1.29 is 18.7 Å². The Morgan fingerprint density at radius 3 is 2.77 bits per heavy atom. The Labute approximate surface area is 128 Å². The van der Waals surface area contributed by atoms with Crippen LogP contribution in [0.4, 0.5) is 9.18 Å². The van der Waals surface area contributed by atoms with Crippen molar-refractivity contribution >= 4 is 12.0 Å². The van der Waals surface area contributed by atoms with Gasteiger partial charge in [-0.15, -0.1) is 0 Å². The van der Waals surface area contributed by atoms with Gasteiger partial charge in [-0.1, -0.05) is 31.5 Å². The molecule has 0 unspecified atom stereocenters. The maximum absolute atomic E-state index is 14.0. The molecule has 2 N–H and O–H groups in total. The van der Waals surface area contributed by atoms with Crippen LogP contribution in [0.15, 0.2) is 35.5 Å². The van der Waals surface area contributed by atoms with Gasteiger partial charge in [0, 0.05) is 11.3 Å². The van der Waals surface area contributed by atoms with Gasteiger partial charge in [-0.25, -0.2) is 14.0 Å². The second kappa shape index (κ2) is 7.06. The molecule has 0 radical (unpaired) electrons. The molecule has 0 bridgehead atoms. The van der Waals surface area contributed by atoms with Crippen LogP contribution < -0.4 is 10.6 Å². The number of benzene rings is 1. The van der Waals surface area contributed by atoms with E-state index >= 15 is 0 Å². The quantitative estimate of drug-likeness (QED) is 0.649. The summed E-state index contributed by atoms with van der Waals surface area (Å²) in [6.45, 7) is 3.88. The van der Waals surface area contributed by atoms with Crippen LogP contribution in [0.25, 0.3) is 0 Å². The minimum Gasteiger partial charge on any atom is -0.462 e. The Morgan fingerprint density at radius 1 is 1.36 bits per heavy atom. The number of halogens is 1. The van der Waals surface area contributed by atoms with Gasteiger partial charge in [0.05, 0.1) is 18.2 Å². The van der Waals surface area contributed by atoms with E-state index in [1.807, 2.05) is 6.92 Å². The lowest BCUT2D eigenvalue weighted by molar-refractivity contribution is -0.139. The number of hydrogen-bond donors (Lipinski definition) is 2. The number of unbranched alkanes of at least 4 members (excludes halogenated alkanes) is 1. The van der Waals surface area contributed by atoms with E-state index in [2.05, 4.69) is 10.6 Å². The van der Waals surface area contributed by atoms with E-state index in [4.69, 9.17) is 4.74 Å². The number of allylic oxidation sites excluding steroid dienone is 1. The van der Waals surface area contributed by atoms with E-state index < -0.39 is 23.9 Å². The van der Waals surface area contributed by atoms with E-state index in [9.17, 15) is 14.0 Å². The molecule has 1 aliphatic heterocycles. The normalized spacial score (nSPS) is 17.8. The van der Waals surface area contributed by atoms with Crippen molar-refractivity contribution in [1.29, 1.82) is 0 Å². The minimum atomic E-state index is -0.857. The first-order valence-electron chi connectivity index (χ1n) is 7.24. The van der Waals surface area contributed by atoms with Crippen molar-refractivity contribution in [3.8, 4) is 0 Å². The van der Waals surface area contributed by atoms with Crippen LogP contribution in [-0.4, -0.2) is 18.6 Å². The van der Waals surface area contributed by atoms with E-state index in [1.54, 1.807) is 19.1 Å². The predicted octanol–water partition coefficient (Wildman–Crippen LogP) is 2.80. The molecular weight excluding hydrogens is 287 g/mol. The molecule has 0 fully saturated rings. The van der Waals surface area contributed by atoms with Gasteiger partial charge >= 0.3 is 12.0 Å². The fraction of sp³-hybridized carbons (Fsp3) is 0.375. The average Bonchev–Trinajstić information content (AvgIpc) is 2.47. The van der Waals surface area contributed by atoms with Crippen molar-refractivity contribution in [3.05, 3.63) is 46.9 Å². The van der Waals surface area contributed by atoms with Crippen LogP contribution in [0.5, 0.6) is 0 Å². The molecule has 0 saturated carbocycles. The molecule has 2 amide bonds. The molecule has 1 aromatic carbocycles. The van der Waals surface area contributed by atoms with Crippen molar-refractivity contribution in [1.82, 2.24) is 10.6 Å². The number of carbonyl (C=O) groups is 2. The SMILES string of the molecule is CCCCOC(=O)C1=C(C)NC(=O)N[C@H]1c1ccccc1F. The molecular formula is C16H19FN2O3. The molecule has 0 saturated heterocycles. The third-order valence-electron chi connectivity index (χ3n) is 3.44. The predicted molar refractivity (Wildman–Crippen MR) is 79.4 cm³/mol. The summed E-state index contributed by atoms with van der Waals surface area (Å²) >= 11 is 0. The lowest BCUT2D eigenvalue weighted by Crippen LogP contribution is -2.45. The monoisotopic (exact) mass is 306 g/mol. The number of nitrogens with one attached hydrogen (secondary N) is 2. The van der Waals surface area contributed by atoms with Crippen molar-refractivity contribution in [2.24, 2.45) is 0 Å². The highest BCUT2D eigenvalue weighted by Crippen LogP contribution is 2.29. The van der Waals surface area contributed by atoms with Crippen LogP contribution in [-0.2, 0) is 9.53 Å². The van der Waals surface area contributed by atoms with Gasteiger partial charge in [0.2, 0.25) is 0 Å². The first kappa shape index (κ1) is 16.0. The number of ether oxygens (including phenoxy) is 1. The molecule has 22 heavy (non-hydrogen) atoms. The molecule has 118 valence electrons. The van der Waals surface area contributed by atoms with Crippen LogP contribution in [0.2, 0.25) is 0 Å². The fourth-order valence-corrected chi connectivity index (χ4v) is 2.29. The molecule has 1 aromatic rings. The van der Waals surface area contributed by atoms with Gasteiger partial charge in [0.25, 0.3) is 0 Å². The summed E-state index contributed by atoms with van der Waals surface area (Å²) in [7, 11) is 0. The molecule has 1 heterocycles. The number of amides is 2. The molecule has 0 aliphatic carbocycles. The third kappa shape index (κ3) is 3.44. The van der Waals surface area contributed by atoms with E-state index in [0.29, 0.717) is 12.3 Å². The summed E-state index contributed by atoms with van der Waals surface area (Å²) in [5.41, 5.74) is 0.832. The zero-order valence-corrected chi connectivity index (χ0v) is 12.6. The highest BCUT2D eigenvalue weighted by Gasteiger charge is 2.33. The molecule has 1 aliphatic rings. The molecule has 0 spiro atoms. The summed E-state index contributed by atoms with van der Waals surface area (Å²) in [5.74, 6) is -1.03. The highest BCUT2D eigenvalue weighted by atomic mass is 19.1. The standard InChI is InChI=1S/C16H19FN2O3/c1-3-4-9-22-15(20)13-10(2)18-16(21)19-14(13)11-7-5-6-8-12(11)17/h5-8,14H,3-4,9H2,1-2H3,(H2,18,19,21)/t14-/m0/s1. The van der Waals surface area contributed by atoms with Crippen molar-refractivity contribution in [2.45, 2.75) is 32.7 Å². The molecule has 5 nitrogen and oxygen atoms in total. The Morgan fingerprint density at radius 2 is 2.09 bits per heavy atom. The van der Waals surface area contributed by atoms with Gasteiger partial charge in [-0.3, -0.25) is 0 Å². The van der Waals surface area contributed by atoms with E-state index in [-0.39, 0.29) is 11.1 Å². The van der Waals surface area contributed by atoms with Gasteiger partial charge in [-0.05, 0) is 19.4 Å². The number of urea groups is 1. The fourth-order valence-electron chi connectivity index (χ4n) is 2.29. The lowest BCUT2D eigenvalue weighted by atomic mass is 9.95. The Bertz CT molecular complexity index is 613. The van der Waals surface area contributed by atoms with Crippen molar-refractivity contribution in [3.63, 3.8) is 0 Å². The Kier molecular flexibility index (Phi) is 5.14. The second-order valence-electron chi connectivity index (χ2n) is 5.08. The van der Waals surface area contributed by atoms with Crippen LogP contribution in [0.1, 0.15) is 38.3 Å². The smallest absolute Gasteiger partial charge is 0.338 e. The second-order valence-corrected chi connectivity index (χ2v) is 5.08. The number of carbonyl (C=O) groups excluding carboxylic acids is 2. The number of esters is 1. The van der Waals surface area contributed by atoms with Crippen LogP contribution in [0.3, 0.4) is 0 Å². The molecule has 2 rings (SSSR count). The van der Waals surface area contributed by atoms with Gasteiger partial charge in [-0.2, -0.15) is 0 Å². The van der Waals surface area contributed by atoms with E-state index in [0.717, 1.165) is 12.8 Å². The zero-order chi connectivity index (χ0) is 16.1. The lowest BCUT2D eigenvalue weighted by Gasteiger charge is -2.28. The Hall–Kier alpha value is -2.37. The summed E-state index contributed by atoms with van der Waals surface area (Å²) < 4.78 is 19.2. The average molecular weight is 306 g/mol. The van der Waals surface area contributed by atoms with Crippen LogP contribution >= 0.6 is 0 Å². The Balaban J connectivity index is 2.33. The molecule has 0 aromatic heterocycles. The molecule has 6 heteroatoms. The largest absolute Gasteiger partial charge is 0.462 e. The minimum absolute atomic E-state index is 0.223. The van der Waals surface area contributed by atoms with Gasteiger partial charge < -0.3 is 15.4 Å². The topological polar surface area (TPSA) is 67.4 Å².